The number of nitrogens with zero attached hydrogens (tertiary/aromatic N) is 3. The summed E-state index contributed by atoms with van der Waals surface area (Å²) in [5.74, 6) is 0.657. The average Bonchev–Trinajstić information content (AvgIpc) is 2.94. The van der Waals surface area contributed by atoms with Crippen LogP contribution in [-0.2, 0) is 13.6 Å². The van der Waals surface area contributed by atoms with E-state index in [9.17, 15) is 0 Å². The first-order valence-corrected chi connectivity index (χ1v) is 5.36. The lowest BCUT2D eigenvalue weighted by molar-refractivity contribution is 0.567. The molecule has 17 heavy (non-hydrogen) atoms. The van der Waals surface area contributed by atoms with Crippen LogP contribution < -0.4 is 5.73 Å². The quantitative estimate of drug-likeness (QED) is 0.724. The van der Waals surface area contributed by atoms with Crippen molar-refractivity contribution in [2.24, 2.45) is 12.8 Å². The first-order chi connectivity index (χ1) is 8.31. The Morgan fingerprint density at radius 1 is 1.35 bits per heavy atom. The number of benzene rings is 1. The molecule has 2 aromatic heterocycles. The highest BCUT2D eigenvalue weighted by molar-refractivity contribution is 5.92. The largest absolute Gasteiger partial charge is 0.441 e. The van der Waals surface area contributed by atoms with Crippen molar-refractivity contribution in [2.75, 3.05) is 0 Å². The molecule has 3 aromatic rings. The van der Waals surface area contributed by atoms with E-state index in [0.717, 1.165) is 22.3 Å². The Labute approximate surface area is 97.9 Å². The van der Waals surface area contributed by atoms with Gasteiger partial charge in [0, 0.05) is 19.0 Å². The van der Waals surface area contributed by atoms with Crippen LogP contribution in [0.1, 0.15) is 5.69 Å². The van der Waals surface area contributed by atoms with E-state index in [0.29, 0.717) is 12.3 Å². The second kappa shape index (κ2) is 3.71. The monoisotopic (exact) mass is 228 g/mol. The van der Waals surface area contributed by atoms with Gasteiger partial charge in [0.15, 0.2) is 12.2 Å². The van der Waals surface area contributed by atoms with Crippen molar-refractivity contribution in [3.8, 4) is 11.5 Å². The third kappa shape index (κ3) is 1.43. The van der Waals surface area contributed by atoms with Gasteiger partial charge in [-0.2, -0.15) is 5.10 Å². The van der Waals surface area contributed by atoms with E-state index in [1.807, 2.05) is 36.0 Å². The smallest absolute Gasteiger partial charge is 0.181 e. The lowest BCUT2D eigenvalue weighted by Gasteiger charge is -1.94. The number of rotatable bonds is 2. The first-order valence-electron chi connectivity index (χ1n) is 5.36. The molecule has 0 radical (unpaired) electrons. The third-order valence-corrected chi connectivity index (χ3v) is 2.81. The topological polar surface area (TPSA) is 69.9 Å². The highest BCUT2D eigenvalue weighted by Crippen LogP contribution is 2.29. The summed E-state index contributed by atoms with van der Waals surface area (Å²) in [6.45, 7) is 0.344. The number of aryl methyl sites for hydroxylation is 1. The Balaban J connectivity index is 2.31. The number of para-hydroxylation sites is 1. The van der Waals surface area contributed by atoms with Crippen molar-refractivity contribution in [3.05, 3.63) is 36.4 Å². The fourth-order valence-corrected chi connectivity index (χ4v) is 1.99. The van der Waals surface area contributed by atoms with Crippen LogP contribution in [0.15, 0.2) is 35.1 Å². The number of hydrogen-bond acceptors (Lipinski definition) is 4. The van der Waals surface area contributed by atoms with Gasteiger partial charge in [0.25, 0.3) is 0 Å². The van der Waals surface area contributed by atoms with Crippen molar-refractivity contribution in [1.82, 2.24) is 14.8 Å². The van der Waals surface area contributed by atoms with E-state index in [4.69, 9.17) is 10.2 Å². The van der Waals surface area contributed by atoms with Crippen molar-refractivity contribution in [1.29, 1.82) is 0 Å². The molecular weight excluding hydrogens is 216 g/mol. The zero-order chi connectivity index (χ0) is 11.8. The van der Waals surface area contributed by atoms with Crippen molar-refractivity contribution < 1.29 is 4.42 Å². The summed E-state index contributed by atoms with van der Waals surface area (Å²) in [6, 6.07) is 7.99. The van der Waals surface area contributed by atoms with Crippen LogP contribution >= 0.6 is 0 Å². The maximum atomic E-state index is 5.63. The zero-order valence-corrected chi connectivity index (χ0v) is 9.42. The summed E-state index contributed by atoms with van der Waals surface area (Å²) < 4.78 is 7.22. The molecule has 0 amide bonds. The molecule has 0 saturated heterocycles. The fourth-order valence-electron chi connectivity index (χ4n) is 1.99. The van der Waals surface area contributed by atoms with Crippen LogP contribution in [0.4, 0.5) is 0 Å². The van der Waals surface area contributed by atoms with Crippen LogP contribution in [0, 0.1) is 0 Å². The molecule has 0 atom stereocenters. The molecule has 0 unspecified atom stereocenters. The lowest BCUT2D eigenvalue weighted by Crippen LogP contribution is -1.98. The molecule has 86 valence electrons. The van der Waals surface area contributed by atoms with Crippen LogP contribution in [0.3, 0.4) is 0 Å². The number of hydrogen-bond donors (Lipinski definition) is 1. The van der Waals surface area contributed by atoms with Crippen LogP contribution in [-0.4, -0.2) is 14.8 Å². The minimum absolute atomic E-state index is 0.344. The zero-order valence-electron chi connectivity index (χ0n) is 9.42. The van der Waals surface area contributed by atoms with Gasteiger partial charge < -0.3 is 10.2 Å². The highest BCUT2D eigenvalue weighted by atomic mass is 16.3. The van der Waals surface area contributed by atoms with Crippen molar-refractivity contribution in [2.45, 2.75) is 6.54 Å². The second-order valence-electron chi connectivity index (χ2n) is 3.82. The molecule has 5 nitrogen and oxygen atoms in total. The lowest BCUT2D eigenvalue weighted by atomic mass is 10.1. The molecule has 1 aromatic carbocycles. The molecule has 5 heteroatoms. The summed E-state index contributed by atoms with van der Waals surface area (Å²) in [5, 5.41) is 5.51. The Bertz CT molecular complexity index is 668. The summed E-state index contributed by atoms with van der Waals surface area (Å²) in [5.41, 5.74) is 8.21. The van der Waals surface area contributed by atoms with Gasteiger partial charge in [-0.3, -0.25) is 4.68 Å². The van der Waals surface area contributed by atoms with Gasteiger partial charge in [0.2, 0.25) is 0 Å². The van der Waals surface area contributed by atoms with Crippen molar-refractivity contribution in [3.63, 3.8) is 0 Å². The molecule has 0 bridgehead atoms. The Morgan fingerprint density at radius 2 is 2.18 bits per heavy atom. The third-order valence-electron chi connectivity index (χ3n) is 2.81. The fraction of sp³-hybridized carbons (Fsp3) is 0.167. The average molecular weight is 228 g/mol. The molecule has 0 spiro atoms. The van der Waals surface area contributed by atoms with Gasteiger partial charge in [0.1, 0.15) is 11.4 Å². The standard InChI is InChI=1S/C12H12N4O/c1-16-10-5-3-2-4-8(10)11(15-16)12-9(6-13)14-7-17-12/h2-5,7H,6,13H2,1H3. The predicted octanol–water partition coefficient (Wildman–Crippen LogP) is 1.69. The number of aromatic nitrogens is 3. The number of fused-ring (bicyclic) bond motifs is 1. The maximum Gasteiger partial charge on any atom is 0.181 e. The van der Waals surface area contributed by atoms with Gasteiger partial charge in [-0.05, 0) is 6.07 Å². The minimum atomic E-state index is 0.344. The maximum absolute atomic E-state index is 5.63. The van der Waals surface area contributed by atoms with Crippen LogP contribution in [0.25, 0.3) is 22.4 Å². The van der Waals surface area contributed by atoms with E-state index in [1.54, 1.807) is 0 Å². The van der Waals surface area contributed by atoms with E-state index < -0.39 is 0 Å². The van der Waals surface area contributed by atoms with Crippen LogP contribution in [0.5, 0.6) is 0 Å². The molecule has 0 aliphatic heterocycles. The molecule has 0 aliphatic carbocycles. The van der Waals surface area contributed by atoms with E-state index in [1.165, 1.54) is 6.39 Å². The Morgan fingerprint density at radius 3 is 3.00 bits per heavy atom. The molecule has 2 N–H and O–H groups in total. The van der Waals surface area contributed by atoms with Gasteiger partial charge in [-0.25, -0.2) is 4.98 Å². The number of oxazole rings is 1. The minimum Gasteiger partial charge on any atom is -0.441 e. The number of nitrogens with two attached hydrogens (primary N) is 1. The Hall–Kier alpha value is -2.14. The summed E-state index contributed by atoms with van der Waals surface area (Å²) in [7, 11) is 1.91. The van der Waals surface area contributed by atoms with E-state index >= 15 is 0 Å². The predicted molar refractivity (Wildman–Crippen MR) is 64.1 cm³/mol. The van der Waals surface area contributed by atoms with Gasteiger partial charge >= 0.3 is 0 Å². The Kier molecular flexibility index (Phi) is 2.19. The first kappa shape index (κ1) is 10.0. The molecule has 2 heterocycles. The molecule has 0 saturated carbocycles. The van der Waals surface area contributed by atoms with E-state index in [-0.39, 0.29) is 0 Å². The van der Waals surface area contributed by atoms with Gasteiger partial charge in [0.05, 0.1) is 5.52 Å². The highest BCUT2D eigenvalue weighted by Gasteiger charge is 2.16. The van der Waals surface area contributed by atoms with Gasteiger partial charge in [-0.15, -0.1) is 0 Å². The summed E-state index contributed by atoms with van der Waals surface area (Å²) >= 11 is 0. The van der Waals surface area contributed by atoms with Crippen molar-refractivity contribution >= 4 is 10.9 Å². The SMILES string of the molecule is Cn1nc(-c2ocnc2CN)c2ccccc21. The summed E-state index contributed by atoms with van der Waals surface area (Å²) in [6.07, 6.45) is 1.40. The van der Waals surface area contributed by atoms with E-state index in [2.05, 4.69) is 10.1 Å². The normalized spacial score (nSPS) is 11.2. The second-order valence-corrected chi connectivity index (χ2v) is 3.82. The molecule has 0 aliphatic rings. The summed E-state index contributed by atoms with van der Waals surface area (Å²) in [4.78, 5) is 4.09. The van der Waals surface area contributed by atoms with Gasteiger partial charge in [-0.1, -0.05) is 18.2 Å². The molecule has 3 rings (SSSR count). The molecule has 0 fully saturated rings. The van der Waals surface area contributed by atoms with Crippen LogP contribution in [0.2, 0.25) is 0 Å². The molecular formula is C12H12N4O.